The second-order valence-corrected chi connectivity index (χ2v) is 28.5. The Hall–Kier alpha value is 0.787. The zero-order chi connectivity index (χ0) is 28.0. The van der Waals surface area contributed by atoms with E-state index < -0.39 is 22.2 Å². The van der Waals surface area contributed by atoms with Crippen LogP contribution in [0.4, 0.5) is 0 Å². The Kier molecular flexibility index (Phi) is 11.5. The first-order chi connectivity index (χ1) is 15.7. The molecule has 0 radical (unpaired) electrons. The molecule has 0 unspecified atom stereocenters. The van der Waals surface area contributed by atoms with Crippen molar-refractivity contribution in [1.82, 2.24) is 18.7 Å². The van der Waals surface area contributed by atoms with Crippen LogP contribution in [-0.2, 0) is 0 Å². The molecular formula is C28H65N4P2Si+. The molecule has 210 valence electrons. The van der Waals surface area contributed by atoms with E-state index in [1.165, 1.54) is 0 Å². The molecule has 4 nitrogen and oxygen atoms in total. The van der Waals surface area contributed by atoms with Gasteiger partial charge in [-0.05, 0) is 111 Å². The van der Waals surface area contributed by atoms with Gasteiger partial charge in [0.25, 0.3) is 0 Å². The molecule has 0 bridgehead atoms. The lowest BCUT2D eigenvalue weighted by atomic mass is 10.3. The summed E-state index contributed by atoms with van der Waals surface area (Å²) in [6.07, 6.45) is 0. The first-order valence-corrected chi connectivity index (χ1v) is 22.1. The third-order valence-electron chi connectivity index (χ3n) is 7.11. The lowest BCUT2D eigenvalue weighted by Gasteiger charge is -2.51. The molecule has 0 atom stereocenters. The van der Waals surface area contributed by atoms with E-state index in [-0.39, 0.29) is 0 Å². The molecule has 1 rings (SSSR count). The number of nitrogens with zero attached hydrogens (tertiary/aromatic N) is 4. The van der Waals surface area contributed by atoms with Crippen LogP contribution >= 0.6 is 14.1 Å². The Morgan fingerprint density at radius 2 is 0.686 bits per heavy atom. The lowest BCUT2D eigenvalue weighted by molar-refractivity contribution is 0.242. The van der Waals surface area contributed by atoms with Gasteiger partial charge in [0.2, 0.25) is 14.1 Å². The van der Waals surface area contributed by atoms with E-state index in [1.54, 1.807) is 0 Å². The van der Waals surface area contributed by atoms with Crippen LogP contribution in [0.25, 0.3) is 0 Å². The van der Waals surface area contributed by atoms with Crippen molar-refractivity contribution in [3.8, 4) is 0 Å². The zero-order valence-electron chi connectivity index (χ0n) is 27.3. The van der Waals surface area contributed by atoms with E-state index in [9.17, 15) is 0 Å². The second-order valence-electron chi connectivity index (χ2n) is 14.0. The van der Waals surface area contributed by atoms with Gasteiger partial charge >= 0.3 is 0 Å². The second kappa shape index (κ2) is 11.9. The smallest absolute Gasteiger partial charge is 0.231 e. The monoisotopic (exact) mass is 547 g/mol. The maximum Gasteiger partial charge on any atom is 0.231 e. The molecule has 0 fully saturated rings. The summed E-state index contributed by atoms with van der Waals surface area (Å²) in [4.78, 5) is 0. The van der Waals surface area contributed by atoms with E-state index in [2.05, 4.69) is 149 Å². The van der Waals surface area contributed by atoms with Crippen LogP contribution in [0.5, 0.6) is 0 Å². The molecule has 1 heterocycles. The maximum atomic E-state index is 3.07. The minimum Gasteiger partial charge on any atom is -0.232 e. The highest BCUT2D eigenvalue weighted by Crippen LogP contribution is 3.11. The van der Waals surface area contributed by atoms with E-state index >= 15 is 0 Å². The van der Waals surface area contributed by atoms with Crippen LogP contribution in [0.2, 0.25) is 19.6 Å². The average Bonchev–Trinajstić information content (AvgIpc) is 3.14. The molecule has 0 saturated heterocycles. The summed E-state index contributed by atoms with van der Waals surface area (Å²) in [6, 6.07) is 4.10. The predicted octanol–water partition coefficient (Wildman–Crippen LogP) is 9.09. The first-order valence-electron chi connectivity index (χ1n) is 14.5. The van der Waals surface area contributed by atoms with Crippen molar-refractivity contribution in [1.29, 1.82) is 0 Å². The minimum atomic E-state index is -1.83. The molecule has 7 heteroatoms. The van der Waals surface area contributed by atoms with Gasteiger partial charge in [-0.3, -0.25) is 0 Å². The van der Waals surface area contributed by atoms with Gasteiger partial charge in [0.1, 0.15) is 8.07 Å². The quantitative estimate of drug-likeness (QED) is 0.168. The number of hydrogen-bond donors (Lipinski definition) is 0. The molecule has 0 N–H and O–H groups in total. The van der Waals surface area contributed by atoms with Gasteiger partial charge in [0.15, 0.2) is 4.66 Å². The van der Waals surface area contributed by atoms with E-state index in [4.69, 9.17) is 0 Å². The highest BCUT2D eigenvalue weighted by Gasteiger charge is 2.88. The Bertz CT molecular complexity index is 675. The Balaban J connectivity index is 4.61. The van der Waals surface area contributed by atoms with E-state index in [0.717, 1.165) is 0 Å². The minimum absolute atomic E-state index is 0.513. The van der Waals surface area contributed by atoms with Gasteiger partial charge in [-0.25, -0.2) is 9.34 Å². The summed E-state index contributed by atoms with van der Waals surface area (Å²) in [6.45, 7) is 45.7. The SMILES string of the molecule is CC(C)N(C(C)C)P1(N(C(C)C)C(C)C)=C([Si](C)(C)C)[P+]1(N(C(C)C)C(C)C)N(C(C)C)C(C)C. The molecule has 35 heavy (non-hydrogen) atoms. The lowest BCUT2D eigenvalue weighted by Crippen LogP contribution is -2.50. The molecule has 0 spiro atoms. The molecule has 0 saturated carbocycles. The summed E-state index contributed by atoms with van der Waals surface area (Å²) in [5, 5.41) is 0. The molecule has 0 aromatic carbocycles. The maximum absolute atomic E-state index is 3.07. The zero-order valence-corrected chi connectivity index (χ0v) is 30.1. The third-order valence-corrected chi connectivity index (χ3v) is 30.4. The number of hydrogen-bond acceptors (Lipinski definition) is 4. The number of rotatable bonds is 13. The van der Waals surface area contributed by atoms with Crippen molar-refractivity contribution in [2.75, 3.05) is 0 Å². The molecule has 1 aliphatic rings. The standard InChI is InChI=1S/C28H65N4P2Si/c1-20(2)29(21(3)4)33(30(22(5)6)23(7)8)28(35(17,18)19)34(33,31(24(9)10)25(11)12)32(26(13)14)27(15)16/h20-27H,1-19H3/q+1. The molecule has 0 aromatic heterocycles. The highest BCUT2D eigenvalue weighted by atomic mass is 32.2. The highest BCUT2D eigenvalue weighted by molar-refractivity contribution is 8.68. The fourth-order valence-electron chi connectivity index (χ4n) is 7.39. The van der Waals surface area contributed by atoms with Gasteiger partial charge in [0, 0.05) is 48.3 Å². The van der Waals surface area contributed by atoms with Gasteiger partial charge in [-0.2, -0.15) is 9.34 Å². The normalized spacial score (nSPS) is 18.8. The van der Waals surface area contributed by atoms with Crippen molar-refractivity contribution in [3.63, 3.8) is 0 Å². The van der Waals surface area contributed by atoms with E-state index in [0.29, 0.717) is 48.3 Å². The van der Waals surface area contributed by atoms with Crippen molar-refractivity contribution in [2.45, 2.75) is 179 Å². The van der Waals surface area contributed by atoms with Gasteiger partial charge in [-0.1, -0.05) is 19.6 Å². The fourth-order valence-corrected chi connectivity index (χ4v) is 44.4. The van der Waals surface area contributed by atoms with E-state index in [1.807, 2.05) is 4.66 Å². The van der Waals surface area contributed by atoms with Crippen molar-refractivity contribution in [3.05, 3.63) is 0 Å². The average molecular weight is 548 g/mol. The van der Waals surface area contributed by atoms with Gasteiger partial charge < -0.3 is 0 Å². The Labute approximate surface area is 224 Å². The topological polar surface area (TPSA) is 13.0 Å². The summed E-state index contributed by atoms with van der Waals surface area (Å²) in [5.41, 5.74) is 0. The molecule has 0 aromatic rings. The van der Waals surface area contributed by atoms with Crippen LogP contribution in [-0.4, -0.2) is 79.7 Å². The summed E-state index contributed by atoms with van der Waals surface area (Å²) >= 11 is 0. The van der Waals surface area contributed by atoms with Crippen molar-refractivity contribution in [2.24, 2.45) is 0 Å². The largest absolute Gasteiger partial charge is 0.232 e. The summed E-state index contributed by atoms with van der Waals surface area (Å²) < 4.78 is 14.3. The molecule has 1 aliphatic heterocycles. The van der Waals surface area contributed by atoms with Gasteiger partial charge in [-0.15, -0.1) is 0 Å². The summed E-state index contributed by atoms with van der Waals surface area (Å²) in [7, 11) is -3.49. The Morgan fingerprint density at radius 3 is 0.829 bits per heavy atom. The third kappa shape index (κ3) is 5.59. The molecule has 0 aliphatic carbocycles. The summed E-state index contributed by atoms with van der Waals surface area (Å²) in [5.74, 6) is 0. The predicted molar refractivity (Wildman–Crippen MR) is 171 cm³/mol. The Morgan fingerprint density at radius 1 is 0.457 bits per heavy atom. The van der Waals surface area contributed by atoms with Crippen LogP contribution in [0.1, 0.15) is 111 Å². The van der Waals surface area contributed by atoms with Gasteiger partial charge in [0.05, 0.1) is 0 Å². The fraction of sp³-hybridized carbons (Fsp3) is 0.964. The first kappa shape index (κ1) is 33.8. The van der Waals surface area contributed by atoms with Crippen LogP contribution < -0.4 is 0 Å². The van der Waals surface area contributed by atoms with Crippen LogP contribution in [0.15, 0.2) is 0 Å². The van der Waals surface area contributed by atoms with Crippen LogP contribution in [0, 0.1) is 0 Å². The van der Waals surface area contributed by atoms with Crippen LogP contribution in [0.3, 0.4) is 0 Å². The van der Waals surface area contributed by atoms with Crippen molar-refractivity contribution < 1.29 is 0 Å². The molecule has 0 amide bonds. The van der Waals surface area contributed by atoms with Crippen molar-refractivity contribution >= 4 is 26.9 Å². The molecular weight excluding hydrogens is 482 g/mol.